The summed E-state index contributed by atoms with van der Waals surface area (Å²) in [5.74, 6) is -0.623. The third-order valence-electron chi connectivity index (χ3n) is 5.72. The zero-order valence-corrected chi connectivity index (χ0v) is 21.7. The highest BCUT2D eigenvalue weighted by Crippen LogP contribution is 2.37. The topological polar surface area (TPSA) is 84.9 Å². The van der Waals surface area contributed by atoms with Crippen LogP contribution in [-0.4, -0.2) is 34.8 Å². The second kappa shape index (κ2) is 11.9. The number of carbonyl (C=O) groups is 1. The molecule has 7 nitrogen and oxygen atoms in total. The number of halogens is 1. The largest absolute Gasteiger partial charge is 0.493 e. The Morgan fingerprint density at radius 1 is 1.00 bits per heavy atom. The van der Waals surface area contributed by atoms with Gasteiger partial charge < -0.3 is 14.8 Å². The second-order valence-corrected chi connectivity index (χ2v) is 10.2. The molecule has 3 aromatic rings. The Hall–Kier alpha value is -3.59. The molecule has 0 heterocycles. The van der Waals surface area contributed by atoms with E-state index in [0.717, 1.165) is 35.4 Å². The maximum absolute atomic E-state index is 14.4. The Morgan fingerprint density at radius 3 is 2.22 bits per heavy atom. The Balaban J connectivity index is 2.05. The molecule has 192 valence electrons. The Labute approximate surface area is 211 Å². The number of anilines is 2. The van der Waals surface area contributed by atoms with Gasteiger partial charge in [0.1, 0.15) is 5.82 Å². The van der Waals surface area contributed by atoms with Gasteiger partial charge in [0.25, 0.3) is 5.91 Å². The predicted octanol–water partition coefficient (Wildman–Crippen LogP) is 5.40. The van der Waals surface area contributed by atoms with Gasteiger partial charge in [-0.1, -0.05) is 43.7 Å². The molecule has 0 saturated heterocycles. The van der Waals surface area contributed by atoms with Crippen molar-refractivity contribution in [3.05, 3.63) is 83.2 Å². The molecule has 9 heteroatoms. The number of sulfonamides is 1. The lowest BCUT2D eigenvalue weighted by atomic mass is 10.1. The molecule has 0 aromatic heterocycles. The number of nitrogens with one attached hydrogen (secondary N) is 1. The number of unbranched alkanes of at least 4 members (excludes halogenated alkanes) is 1. The van der Waals surface area contributed by atoms with Gasteiger partial charge in [-0.05, 0) is 42.7 Å². The van der Waals surface area contributed by atoms with Crippen molar-refractivity contribution in [1.29, 1.82) is 0 Å². The summed E-state index contributed by atoms with van der Waals surface area (Å²) in [6, 6.07) is 16.2. The molecule has 0 radical (unpaired) electrons. The van der Waals surface area contributed by atoms with Gasteiger partial charge in [-0.3, -0.25) is 9.10 Å². The summed E-state index contributed by atoms with van der Waals surface area (Å²) in [5.41, 5.74) is 1.95. The fourth-order valence-corrected chi connectivity index (χ4v) is 4.63. The zero-order valence-electron chi connectivity index (χ0n) is 20.9. The van der Waals surface area contributed by atoms with Gasteiger partial charge >= 0.3 is 0 Å². The highest BCUT2D eigenvalue weighted by atomic mass is 32.2. The molecular weight excluding hydrogens is 483 g/mol. The van der Waals surface area contributed by atoms with E-state index in [9.17, 15) is 17.6 Å². The molecule has 0 saturated carbocycles. The number of rotatable bonds is 11. The summed E-state index contributed by atoms with van der Waals surface area (Å²) in [6.07, 6.45) is 4.11. The van der Waals surface area contributed by atoms with Crippen molar-refractivity contribution in [3.63, 3.8) is 0 Å². The van der Waals surface area contributed by atoms with Crippen LogP contribution in [0.15, 0.2) is 60.7 Å². The van der Waals surface area contributed by atoms with Crippen molar-refractivity contribution >= 4 is 27.3 Å². The third kappa shape index (κ3) is 6.54. The summed E-state index contributed by atoms with van der Waals surface area (Å²) in [5, 5.41) is 2.82. The van der Waals surface area contributed by atoms with Gasteiger partial charge in [0.05, 0.1) is 38.3 Å². The van der Waals surface area contributed by atoms with Gasteiger partial charge in [-0.2, -0.15) is 0 Å². The van der Waals surface area contributed by atoms with Gasteiger partial charge in [0.2, 0.25) is 10.0 Å². The van der Waals surface area contributed by atoms with Crippen LogP contribution in [0.25, 0.3) is 0 Å². The summed E-state index contributed by atoms with van der Waals surface area (Å²) in [4.78, 5) is 13.4. The van der Waals surface area contributed by atoms with Crippen LogP contribution in [0.2, 0.25) is 0 Å². The first kappa shape index (κ1) is 27.0. The van der Waals surface area contributed by atoms with Crippen LogP contribution in [0.5, 0.6) is 11.5 Å². The molecule has 0 aliphatic carbocycles. The number of carbonyl (C=O) groups excluding carboxylic acids is 1. The van der Waals surface area contributed by atoms with E-state index in [0.29, 0.717) is 5.69 Å². The number of benzene rings is 3. The molecule has 1 amide bonds. The van der Waals surface area contributed by atoms with Gasteiger partial charge in [-0.25, -0.2) is 12.8 Å². The molecule has 1 N–H and O–H groups in total. The minimum atomic E-state index is -3.93. The lowest BCUT2D eigenvalue weighted by Crippen LogP contribution is -2.32. The van der Waals surface area contributed by atoms with Crippen molar-refractivity contribution in [3.8, 4) is 11.5 Å². The first-order chi connectivity index (χ1) is 17.2. The van der Waals surface area contributed by atoms with E-state index in [1.165, 1.54) is 44.6 Å². The molecule has 36 heavy (non-hydrogen) atoms. The maximum atomic E-state index is 14.4. The van der Waals surface area contributed by atoms with Crippen LogP contribution >= 0.6 is 0 Å². The SMILES string of the molecule is CCCCc1ccc(NC(=O)c2cc(OC)c(OC)cc2N(Cc2ccccc2F)S(C)(=O)=O)cc1. The average Bonchev–Trinajstić information content (AvgIpc) is 2.86. The lowest BCUT2D eigenvalue weighted by Gasteiger charge is -2.26. The molecule has 0 fully saturated rings. The maximum Gasteiger partial charge on any atom is 0.257 e. The first-order valence-corrected chi connectivity index (χ1v) is 13.4. The summed E-state index contributed by atoms with van der Waals surface area (Å²) in [7, 11) is -1.11. The Kier molecular flexibility index (Phi) is 8.93. The standard InChI is InChI=1S/C27H31FN2O5S/c1-5-6-9-19-12-14-21(15-13-19)29-27(31)22-16-25(34-2)26(35-3)17-24(22)30(36(4,32)33)18-20-10-7-8-11-23(20)28/h7-8,10-17H,5-6,9,18H2,1-4H3,(H,29,31). The quantitative estimate of drug-likeness (QED) is 0.370. The number of hydrogen-bond donors (Lipinski definition) is 1. The van der Waals surface area contributed by atoms with E-state index in [1.54, 1.807) is 18.2 Å². The normalized spacial score (nSPS) is 11.1. The number of aryl methyl sites for hydroxylation is 1. The lowest BCUT2D eigenvalue weighted by molar-refractivity contribution is 0.102. The average molecular weight is 515 g/mol. The monoisotopic (exact) mass is 514 g/mol. The Morgan fingerprint density at radius 2 is 1.64 bits per heavy atom. The van der Waals surface area contributed by atoms with Gasteiger partial charge in [0, 0.05) is 17.3 Å². The molecule has 0 bridgehead atoms. The number of nitrogens with zero attached hydrogens (tertiary/aromatic N) is 1. The third-order valence-corrected chi connectivity index (χ3v) is 6.84. The van der Waals surface area contributed by atoms with Crippen LogP contribution in [0, 0.1) is 5.82 Å². The van der Waals surface area contributed by atoms with Crippen LogP contribution in [0.4, 0.5) is 15.8 Å². The molecule has 0 spiro atoms. The van der Waals surface area contributed by atoms with Gasteiger partial charge in [0.15, 0.2) is 11.5 Å². The number of amides is 1. The Bertz CT molecular complexity index is 1310. The molecule has 0 aliphatic rings. The molecule has 0 unspecified atom stereocenters. The summed E-state index contributed by atoms with van der Waals surface area (Å²) in [6.45, 7) is 1.81. The van der Waals surface area contributed by atoms with Crippen molar-refractivity contribution < 1.29 is 27.1 Å². The number of ether oxygens (including phenoxy) is 2. The fourth-order valence-electron chi connectivity index (χ4n) is 3.75. The molecule has 0 atom stereocenters. The van der Waals surface area contributed by atoms with Crippen LogP contribution in [0.3, 0.4) is 0 Å². The fraction of sp³-hybridized carbons (Fsp3) is 0.296. The summed E-state index contributed by atoms with van der Waals surface area (Å²) >= 11 is 0. The highest BCUT2D eigenvalue weighted by Gasteiger charge is 2.27. The molecular formula is C27H31FN2O5S. The minimum Gasteiger partial charge on any atom is -0.493 e. The van der Waals surface area contributed by atoms with Crippen LogP contribution in [-0.2, 0) is 23.0 Å². The molecule has 0 aliphatic heterocycles. The predicted molar refractivity (Wildman–Crippen MR) is 140 cm³/mol. The second-order valence-electron chi connectivity index (χ2n) is 8.34. The molecule has 3 aromatic carbocycles. The van der Waals surface area contributed by atoms with E-state index in [1.807, 2.05) is 12.1 Å². The summed E-state index contributed by atoms with van der Waals surface area (Å²) < 4.78 is 51.8. The van der Waals surface area contributed by atoms with Crippen molar-refractivity contribution in [2.24, 2.45) is 0 Å². The first-order valence-electron chi connectivity index (χ1n) is 11.5. The minimum absolute atomic E-state index is 0.0319. The van der Waals surface area contributed by atoms with Crippen LogP contribution in [0.1, 0.15) is 41.3 Å². The van der Waals surface area contributed by atoms with Crippen molar-refractivity contribution in [2.75, 3.05) is 30.1 Å². The van der Waals surface area contributed by atoms with Crippen molar-refractivity contribution in [2.45, 2.75) is 32.7 Å². The van der Waals surface area contributed by atoms with Crippen molar-refractivity contribution in [1.82, 2.24) is 0 Å². The van der Waals surface area contributed by atoms with E-state index in [2.05, 4.69) is 12.2 Å². The van der Waals surface area contributed by atoms with Gasteiger partial charge in [-0.15, -0.1) is 0 Å². The van der Waals surface area contributed by atoms with E-state index < -0.39 is 21.7 Å². The van der Waals surface area contributed by atoms with E-state index in [-0.39, 0.29) is 34.9 Å². The highest BCUT2D eigenvalue weighted by molar-refractivity contribution is 7.92. The smallest absolute Gasteiger partial charge is 0.257 e. The number of methoxy groups -OCH3 is 2. The van der Waals surface area contributed by atoms with Crippen LogP contribution < -0.4 is 19.1 Å². The molecule has 3 rings (SSSR count). The number of hydrogen-bond acceptors (Lipinski definition) is 5. The van der Waals surface area contributed by atoms with E-state index >= 15 is 0 Å². The van der Waals surface area contributed by atoms with E-state index in [4.69, 9.17) is 9.47 Å². The zero-order chi connectivity index (χ0) is 26.3.